The van der Waals surface area contributed by atoms with Gasteiger partial charge in [-0.25, -0.2) is 5.90 Å². The van der Waals surface area contributed by atoms with Crippen LogP contribution in [-0.4, -0.2) is 7.11 Å². The maximum atomic E-state index is 5.41. The highest BCUT2D eigenvalue weighted by molar-refractivity contribution is 5.88. The second-order valence-electron chi connectivity index (χ2n) is 4.49. The fraction of sp³-hybridized carbons (Fsp3) is 0.286. The number of methoxy groups -OCH3 is 1. The van der Waals surface area contributed by atoms with E-state index >= 15 is 0 Å². The summed E-state index contributed by atoms with van der Waals surface area (Å²) in [4.78, 5) is 5.09. The molecule has 0 radical (unpaired) electrons. The molecule has 0 heterocycles. The molecule has 0 amide bonds. The minimum atomic E-state index is -0.591. The molecule has 0 saturated carbocycles. The quantitative estimate of drug-likeness (QED) is 0.826. The van der Waals surface area contributed by atoms with Crippen LogP contribution in [0.25, 0.3) is 10.8 Å². The van der Waals surface area contributed by atoms with Crippen molar-refractivity contribution >= 4 is 10.8 Å². The Morgan fingerprint density at radius 1 is 1.06 bits per heavy atom. The standard InChI is InChI=1S/C14H17NO2/c1-14(2,17-15)13-11-7-5-4-6-10(11)8-9-12(13)16-3/h4-9H,15H2,1-3H3. The number of fused-ring (bicyclic) bond motifs is 1. The first-order valence-corrected chi connectivity index (χ1v) is 5.54. The van der Waals surface area contributed by atoms with Gasteiger partial charge in [0.15, 0.2) is 0 Å². The summed E-state index contributed by atoms with van der Waals surface area (Å²) >= 11 is 0. The second kappa shape index (κ2) is 4.35. The van der Waals surface area contributed by atoms with E-state index < -0.39 is 5.60 Å². The Hall–Kier alpha value is -1.58. The molecule has 3 heteroatoms. The van der Waals surface area contributed by atoms with Crippen LogP contribution in [-0.2, 0) is 10.4 Å². The number of nitrogens with two attached hydrogens (primary N) is 1. The number of hydrogen-bond donors (Lipinski definition) is 1. The van der Waals surface area contributed by atoms with Crippen LogP contribution < -0.4 is 10.6 Å². The molecule has 17 heavy (non-hydrogen) atoms. The average Bonchev–Trinajstić information content (AvgIpc) is 2.37. The summed E-state index contributed by atoms with van der Waals surface area (Å²) in [5, 5.41) is 2.25. The van der Waals surface area contributed by atoms with E-state index in [0.717, 1.165) is 22.1 Å². The van der Waals surface area contributed by atoms with Gasteiger partial charge in [-0.15, -0.1) is 0 Å². The zero-order valence-electron chi connectivity index (χ0n) is 10.4. The Morgan fingerprint density at radius 2 is 1.76 bits per heavy atom. The van der Waals surface area contributed by atoms with Gasteiger partial charge in [0.05, 0.1) is 7.11 Å². The van der Waals surface area contributed by atoms with Crippen LogP contribution in [0.3, 0.4) is 0 Å². The van der Waals surface area contributed by atoms with Gasteiger partial charge in [-0.2, -0.15) is 0 Å². The van der Waals surface area contributed by atoms with Crippen molar-refractivity contribution in [2.24, 2.45) is 5.90 Å². The zero-order valence-corrected chi connectivity index (χ0v) is 10.4. The smallest absolute Gasteiger partial charge is 0.125 e. The summed E-state index contributed by atoms with van der Waals surface area (Å²) in [5.74, 6) is 6.19. The molecule has 0 saturated heterocycles. The third-order valence-corrected chi connectivity index (χ3v) is 3.01. The monoisotopic (exact) mass is 231 g/mol. The van der Waals surface area contributed by atoms with Gasteiger partial charge in [0.25, 0.3) is 0 Å². The van der Waals surface area contributed by atoms with Crippen molar-refractivity contribution in [3.8, 4) is 5.75 Å². The fourth-order valence-corrected chi connectivity index (χ4v) is 2.10. The largest absolute Gasteiger partial charge is 0.496 e. The summed E-state index contributed by atoms with van der Waals surface area (Å²) < 4.78 is 5.41. The fourth-order valence-electron chi connectivity index (χ4n) is 2.10. The topological polar surface area (TPSA) is 44.5 Å². The molecule has 2 aromatic carbocycles. The van der Waals surface area contributed by atoms with Crippen LogP contribution in [0.5, 0.6) is 5.75 Å². The van der Waals surface area contributed by atoms with E-state index in [1.165, 1.54) is 0 Å². The van der Waals surface area contributed by atoms with Crippen LogP contribution in [0, 0.1) is 0 Å². The SMILES string of the molecule is COc1ccc2ccccc2c1C(C)(C)ON. The molecule has 0 unspecified atom stereocenters. The molecular weight excluding hydrogens is 214 g/mol. The minimum Gasteiger partial charge on any atom is -0.496 e. The lowest BCUT2D eigenvalue weighted by molar-refractivity contribution is -0.0239. The Morgan fingerprint density at radius 3 is 2.41 bits per heavy atom. The second-order valence-corrected chi connectivity index (χ2v) is 4.49. The molecule has 0 aromatic heterocycles. The summed E-state index contributed by atoms with van der Waals surface area (Å²) in [5.41, 5.74) is 0.382. The first-order chi connectivity index (χ1) is 8.10. The molecule has 2 aromatic rings. The predicted molar refractivity (Wildman–Crippen MR) is 68.8 cm³/mol. The molecule has 0 aliphatic carbocycles. The van der Waals surface area contributed by atoms with E-state index in [1.54, 1.807) is 7.11 Å². The molecule has 0 bridgehead atoms. The third-order valence-electron chi connectivity index (χ3n) is 3.01. The highest BCUT2D eigenvalue weighted by Crippen LogP contribution is 2.37. The number of benzene rings is 2. The van der Waals surface area contributed by atoms with Gasteiger partial charge in [-0.3, -0.25) is 4.84 Å². The summed E-state index contributed by atoms with van der Waals surface area (Å²) in [6.07, 6.45) is 0. The van der Waals surface area contributed by atoms with Crippen molar-refractivity contribution in [3.05, 3.63) is 42.0 Å². The Bertz CT molecular complexity index is 535. The maximum absolute atomic E-state index is 5.41. The normalized spacial score (nSPS) is 11.8. The van der Waals surface area contributed by atoms with Crippen molar-refractivity contribution in [1.29, 1.82) is 0 Å². The van der Waals surface area contributed by atoms with E-state index in [2.05, 4.69) is 6.07 Å². The highest BCUT2D eigenvalue weighted by Gasteiger charge is 2.27. The van der Waals surface area contributed by atoms with E-state index in [-0.39, 0.29) is 0 Å². The van der Waals surface area contributed by atoms with Gasteiger partial charge in [-0.1, -0.05) is 30.3 Å². The molecule has 0 fully saturated rings. The predicted octanol–water partition coefficient (Wildman–Crippen LogP) is 2.97. The lowest BCUT2D eigenvalue weighted by atomic mass is 9.91. The van der Waals surface area contributed by atoms with Crippen LogP contribution >= 0.6 is 0 Å². The van der Waals surface area contributed by atoms with Crippen LogP contribution in [0.15, 0.2) is 36.4 Å². The van der Waals surface area contributed by atoms with Crippen molar-refractivity contribution in [3.63, 3.8) is 0 Å². The van der Waals surface area contributed by atoms with Crippen molar-refractivity contribution in [1.82, 2.24) is 0 Å². The van der Waals surface area contributed by atoms with Crippen LogP contribution in [0.4, 0.5) is 0 Å². The lowest BCUT2D eigenvalue weighted by Crippen LogP contribution is -2.26. The van der Waals surface area contributed by atoms with Gasteiger partial charge in [0.1, 0.15) is 11.4 Å². The molecule has 0 spiro atoms. The lowest BCUT2D eigenvalue weighted by Gasteiger charge is -2.26. The van der Waals surface area contributed by atoms with E-state index in [9.17, 15) is 0 Å². The first-order valence-electron chi connectivity index (χ1n) is 5.54. The van der Waals surface area contributed by atoms with Gasteiger partial charge in [0, 0.05) is 5.56 Å². The molecule has 0 atom stereocenters. The molecule has 90 valence electrons. The molecule has 0 aliphatic heterocycles. The molecular formula is C14H17NO2. The molecule has 3 nitrogen and oxygen atoms in total. The van der Waals surface area contributed by atoms with E-state index in [4.69, 9.17) is 15.5 Å². The number of rotatable bonds is 3. The van der Waals surface area contributed by atoms with E-state index in [1.807, 2.05) is 44.2 Å². The van der Waals surface area contributed by atoms with Crippen molar-refractivity contribution in [2.75, 3.05) is 7.11 Å². The van der Waals surface area contributed by atoms with Crippen molar-refractivity contribution < 1.29 is 9.57 Å². The van der Waals surface area contributed by atoms with Gasteiger partial charge >= 0.3 is 0 Å². The Labute approximate surface area is 101 Å². The number of ether oxygens (including phenoxy) is 1. The van der Waals surface area contributed by atoms with Gasteiger partial charge in [0.2, 0.25) is 0 Å². The van der Waals surface area contributed by atoms with Gasteiger partial charge < -0.3 is 4.74 Å². The van der Waals surface area contributed by atoms with Crippen molar-refractivity contribution in [2.45, 2.75) is 19.4 Å². The van der Waals surface area contributed by atoms with Crippen LogP contribution in [0.1, 0.15) is 19.4 Å². The summed E-state index contributed by atoms with van der Waals surface area (Å²) in [7, 11) is 1.65. The van der Waals surface area contributed by atoms with Crippen LogP contribution in [0.2, 0.25) is 0 Å². The molecule has 0 aliphatic rings. The first kappa shape index (κ1) is 11.9. The summed E-state index contributed by atoms with van der Waals surface area (Å²) in [6, 6.07) is 12.1. The zero-order chi connectivity index (χ0) is 12.5. The van der Waals surface area contributed by atoms with E-state index in [0.29, 0.717) is 0 Å². The maximum Gasteiger partial charge on any atom is 0.125 e. The number of hydrogen-bond acceptors (Lipinski definition) is 3. The highest BCUT2D eigenvalue weighted by atomic mass is 16.6. The third kappa shape index (κ3) is 1.99. The Balaban J connectivity index is 2.80. The summed E-state index contributed by atoms with van der Waals surface area (Å²) in [6.45, 7) is 3.86. The average molecular weight is 231 g/mol. The Kier molecular flexibility index (Phi) is 3.05. The van der Waals surface area contributed by atoms with Gasteiger partial charge in [-0.05, 0) is 30.7 Å². The minimum absolute atomic E-state index is 0.591. The molecule has 2 N–H and O–H groups in total. The molecule has 2 rings (SSSR count).